The van der Waals surface area contributed by atoms with Gasteiger partial charge in [0.05, 0.1) is 9.93 Å². The first-order chi connectivity index (χ1) is 16.4. The van der Waals surface area contributed by atoms with E-state index in [0.29, 0.717) is 29.9 Å². The Bertz CT molecular complexity index is 1330. The van der Waals surface area contributed by atoms with Crippen LogP contribution in [0.3, 0.4) is 0 Å². The van der Waals surface area contributed by atoms with Crippen LogP contribution >= 0.6 is 58.5 Å². The number of nitrogens with zero attached hydrogens (tertiary/aromatic N) is 1. The number of ether oxygens (including phenoxy) is 1. The Kier molecular flexibility index (Phi) is 7.00. The number of hydrogen-bond acceptors (Lipinski definition) is 6. The summed E-state index contributed by atoms with van der Waals surface area (Å²) in [5, 5.41) is 1.71. The molecule has 9 heteroatoms. The Morgan fingerprint density at radius 2 is 1.82 bits per heavy atom. The van der Waals surface area contributed by atoms with E-state index in [2.05, 4.69) is 0 Å². The summed E-state index contributed by atoms with van der Waals surface area (Å²) >= 11 is 20.5. The number of amides is 1. The first-order valence-corrected chi connectivity index (χ1v) is 13.7. The summed E-state index contributed by atoms with van der Waals surface area (Å²) in [5.74, 6) is -0.149. The van der Waals surface area contributed by atoms with Crippen LogP contribution in [0, 0.1) is 0 Å². The van der Waals surface area contributed by atoms with Crippen molar-refractivity contribution in [2.75, 3.05) is 0 Å². The van der Waals surface area contributed by atoms with Crippen molar-refractivity contribution < 1.29 is 14.3 Å². The topological polar surface area (TPSA) is 46.6 Å². The lowest BCUT2D eigenvalue weighted by Crippen LogP contribution is -2.39. The van der Waals surface area contributed by atoms with E-state index in [1.807, 2.05) is 18.2 Å². The fraction of sp³-hybridized carbons (Fsp3) is 0.240. The van der Waals surface area contributed by atoms with Crippen molar-refractivity contribution in [1.82, 2.24) is 4.90 Å². The molecule has 0 N–H and O–H groups in total. The minimum atomic E-state index is -0.525. The van der Waals surface area contributed by atoms with Gasteiger partial charge >= 0.3 is 5.97 Å². The van der Waals surface area contributed by atoms with Gasteiger partial charge in [0.2, 0.25) is 0 Å². The van der Waals surface area contributed by atoms with Crippen LogP contribution in [-0.4, -0.2) is 27.1 Å². The van der Waals surface area contributed by atoms with Crippen molar-refractivity contribution in [2.45, 2.75) is 38.1 Å². The number of rotatable bonds is 4. The summed E-state index contributed by atoms with van der Waals surface area (Å²) < 4.78 is 6.99. The molecule has 1 aliphatic heterocycles. The summed E-state index contributed by atoms with van der Waals surface area (Å²) in [6, 6.07) is 12.5. The highest BCUT2D eigenvalue weighted by Gasteiger charge is 2.37. The van der Waals surface area contributed by atoms with Gasteiger partial charge in [-0.2, -0.15) is 0 Å². The Balaban J connectivity index is 1.29. The van der Waals surface area contributed by atoms with Gasteiger partial charge in [0.1, 0.15) is 14.9 Å². The van der Waals surface area contributed by atoms with E-state index in [9.17, 15) is 9.59 Å². The second-order valence-corrected chi connectivity index (χ2v) is 11.7. The molecule has 0 atom stereocenters. The number of carbonyl (C=O) groups is 2. The molecule has 2 aromatic carbocycles. The molecule has 1 aliphatic carbocycles. The van der Waals surface area contributed by atoms with Crippen molar-refractivity contribution in [1.29, 1.82) is 0 Å². The van der Waals surface area contributed by atoms with Gasteiger partial charge in [-0.3, -0.25) is 9.69 Å². The summed E-state index contributed by atoms with van der Waals surface area (Å²) in [5.41, 5.74) is 0.832. The Morgan fingerprint density at radius 1 is 1.09 bits per heavy atom. The molecule has 1 saturated heterocycles. The van der Waals surface area contributed by atoms with Crippen LogP contribution in [0.15, 0.2) is 47.4 Å². The molecule has 0 radical (unpaired) electrons. The number of thiocarbonyl (C=S) groups is 1. The first-order valence-electron chi connectivity index (χ1n) is 10.9. The van der Waals surface area contributed by atoms with Crippen LogP contribution in [0.2, 0.25) is 10.0 Å². The lowest BCUT2D eigenvalue weighted by atomic mass is 9.94. The molecular weight excluding hydrogens is 529 g/mol. The van der Waals surface area contributed by atoms with Crippen molar-refractivity contribution in [3.05, 3.63) is 67.9 Å². The molecule has 0 spiro atoms. The van der Waals surface area contributed by atoms with Crippen molar-refractivity contribution >= 4 is 90.9 Å². The van der Waals surface area contributed by atoms with Crippen LogP contribution < -0.4 is 4.74 Å². The zero-order chi connectivity index (χ0) is 23.8. The maximum Gasteiger partial charge on any atom is 0.355 e. The second kappa shape index (κ2) is 9.99. The van der Waals surface area contributed by atoms with Crippen LogP contribution in [0.25, 0.3) is 16.2 Å². The molecule has 5 rings (SSSR count). The van der Waals surface area contributed by atoms with Crippen LogP contribution in [0.1, 0.15) is 47.3 Å². The van der Waals surface area contributed by atoms with E-state index >= 15 is 0 Å². The Morgan fingerprint density at radius 3 is 2.56 bits per heavy atom. The van der Waals surface area contributed by atoms with E-state index in [4.69, 9.17) is 40.2 Å². The summed E-state index contributed by atoms with van der Waals surface area (Å²) in [4.78, 5) is 28.4. The molecule has 0 bridgehead atoms. The molecule has 34 heavy (non-hydrogen) atoms. The average Bonchev–Trinajstić information content (AvgIpc) is 3.30. The Labute approximate surface area is 220 Å². The molecule has 1 amide bonds. The van der Waals surface area contributed by atoms with Crippen LogP contribution in [0.5, 0.6) is 5.75 Å². The summed E-state index contributed by atoms with van der Waals surface area (Å²) in [6.07, 6.45) is 7.36. The fourth-order valence-corrected chi connectivity index (χ4v) is 7.30. The van der Waals surface area contributed by atoms with Crippen LogP contribution in [0.4, 0.5) is 0 Å². The number of hydrogen-bond donors (Lipinski definition) is 0. The molecule has 3 aromatic rings. The van der Waals surface area contributed by atoms with Crippen molar-refractivity contribution in [2.24, 2.45) is 0 Å². The predicted molar refractivity (Wildman–Crippen MR) is 145 cm³/mol. The third-order valence-electron chi connectivity index (χ3n) is 5.93. The lowest BCUT2D eigenvalue weighted by molar-refractivity contribution is -0.124. The third kappa shape index (κ3) is 4.77. The van der Waals surface area contributed by atoms with Crippen molar-refractivity contribution in [3.8, 4) is 5.75 Å². The predicted octanol–water partition coefficient (Wildman–Crippen LogP) is 7.96. The standard InChI is InChI=1S/C25H19Cl2NO3S3/c26-15-8-11-18-19(13-15)33-22(21(18)27)24(30)31-17-9-6-14(7-10-17)12-20-23(29)28(25(32)34-20)16-4-2-1-3-5-16/h6-13,16H,1-5H2. The molecule has 2 fully saturated rings. The largest absolute Gasteiger partial charge is 0.422 e. The monoisotopic (exact) mass is 547 g/mol. The number of thioether (sulfide) groups is 1. The van der Waals surface area contributed by atoms with E-state index in [1.54, 1.807) is 35.2 Å². The third-order valence-corrected chi connectivity index (χ3v) is 9.13. The molecule has 2 heterocycles. The van der Waals surface area contributed by atoms with Gasteiger partial charge in [0.15, 0.2) is 0 Å². The highest BCUT2D eigenvalue weighted by Crippen LogP contribution is 2.38. The van der Waals surface area contributed by atoms with Gasteiger partial charge in [0, 0.05) is 21.2 Å². The van der Waals surface area contributed by atoms with Gasteiger partial charge in [-0.25, -0.2) is 4.79 Å². The molecule has 4 nitrogen and oxygen atoms in total. The van der Waals surface area contributed by atoms with Crippen LogP contribution in [-0.2, 0) is 4.79 Å². The van der Waals surface area contributed by atoms with Crippen molar-refractivity contribution in [3.63, 3.8) is 0 Å². The van der Waals surface area contributed by atoms with E-state index in [0.717, 1.165) is 41.3 Å². The molecule has 1 saturated carbocycles. The summed E-state index contributed by atoms with van der Waals surface area (Å²) in [7, 11) is 0. The SMILES string of the molecule is O=C(Oc1ccc(C=C2SC(=S)N(C3CCCCC3)C2=O)cc1)c1sc2cc(Cl)ccc2c1Cl. The lowest BCUT2D eigenvalue weighted by Gasteiger charge is -2.29. The first kappa shape index (κ1) is 23.8. The summed E-state index contributed by atoms with van der Waals surface area (Å²) in [6.45, 7) is 0. The number of halogens is 2. The minimum absolute atomic E-state index is 0.0167. The number of carbonyl (C=O) groups excluding carboxylic acids is 2. The highest BCUT2D eigenvalue weighted by molar-refractivity contribution is 8.26. The number of benzene rings is 2. The molecular formula is C25H19Cl2NO3S3. The van der Waals surface area contributed by atoms with Gasteiger partial charge in [-0.15, -0.1) is 11.3 Å². The zero-order valence-electron chi connectivity index (χ0n) is 17.9. The Hall–Kier alpha value is -1.90. The average molecular weight is 549 g/mol. The van der Waals surface area contributed by atoms with E-state index < -0.39 is 5.97 Å². The van der Waals surface area contributed by atoms with E-state index in [-0.39, 0.29) is 11.9 Å². The highest BCUT2D eigenvalue weighted by atomic mass is 35.5. The normalized spacial score (nSPS) is 18.3. The zero-order valence-corrected chi connectivity index (χ0v) is 21.8. The smallest absolute Gasteiger partial charge is 0.355 e. The molecule has 2 aliphatic rings. The molecule has 0 unspecified atom stereocenters. The second-order valence-electron chi connectivity index (χ2n) is 8.19. The minimum Gasteiger partial charge on any atom is -0.422 e. The van der Waals surface area contributed by atoms with Gasteiger partial charge in [0.25, 0.3) is 5.91 Å². The molecule has 1 aromatic heterocycles. The molecule has 174 valence electrons. The maximum atomic E-state index is 13.0. The number of esters is 1. The van der Waals surface area contributed by atoms with Gasteiger partial charge < -0.3 is 4.74 Å². The van der Waals surface area contributed by atoms with E-state index in [1.165, 1.54) is 29.5 Å². The number of fused-ring (bicyclic) bond motifs is 1. The van der Waals surface area contributed by atoms with Gasteiger partial charge in [-0.05, 0) is 48.7 Å². The number of thiophene rings is 1. The maximum absolute atomic E-state index is 13.0. The van der Waals surface area contributed by atoms with Gasteiger partial charge in [-0.1, -0.05) is 84.6 Å². The quantitative estimate of drug-likeness (QED) is 0.143. The fourth-order valence-electron chi connectivity index (χ4n) is 4.24.